The minimum Gasteiger partial charge on any atom is -0.319 e. The van der Waals surface area contributed by atoms with E-state index in [1.165, 1.54) is 0 Å². The SMILES string of the molecule is O=C(Nc1ccc2c(c1F)CCNC2)c1ccc(N2CCCC2=O)cc1. The number of nitrogens with one attached hydrogen (secondary N) is 2. The molecule has 0 atom stereocenters. The largest absolute Gasteiger partial charge is 0.319 e. The van der Waals surface area contributed by atoms with Crippen molar-refractivity contribution in [2.75, 3.05) is 23.3 Å². The maximum atomic E-state index is 14.7. The molecule has 2 N–H and O–H groups in total. The third-order valence-corrected chi connectivity index (χ3v) is 4.97. The van der Waals surface area contributed by atoms with E-state index in [9.17, 15) is 14.0 Å². The van der Waals surface area contributed by atoms with E-state index in [1.54, 1.807) is 35.2 Å². The number of nitrogens with zero attached hydrogens (tertiary/aromatic N) is 1. The van der Waals surface area contributed by atoms with Crippen LogP contribution in [0.25, 0.3) is 0 Å². The first-order chi connectivity index (χ1) is 12.6. The van der Waals surface area contributed by atoms with Gasteiger partial charge in [0.1, 0.15) is 5.82 Å². The molecule has 2 aliphatic heterocycles. The summed E-state index contributed by atoms with van der Waals surface area (Å²) in [5.41, 5.74) is 3.03. The number of rotatable bonds is 3. The Kier molecular flexibility index (Phi) is 4.42. The molecular formula is C20H20FN3O2. The molecule has 2 aromatic carbocycles. The summed E-state index contributed by atoms with van der Waals surface area (Å²) in [5.74, 6) is -0.610. The lowest BCUT2D eigenvalue weighted by molar-refractivity contribution is -0.117. The third kappa shape index (κ3) is 3.08. The maximum absolute atomic E-state index is 14.7. The molecule has 0 spiro atoms. The highest BCUT2D eigenvalue weighted by molar-refractivity contribution is 6.05. The zero-order valence-electron chi connectivity index (χ0n) is 14.3. The lowest BCUT2D eigenvalue weighted by Gasteiger charge is -2.19. The standard InChI is InChI=1S/C20H20FN3O2/c21-19-16-9-10-22-12-14(16)5-8-17(19)23-20(26)13-3-6-15(7-4-13)24-11-1-2-18(24)25/h3-8,22H,1-2,9-12H2,(H,23,26). The Morgan fingerprint density at radius 3 is 2.65 bits per heavy atom. The molecule has 134 valence electrons. The van der Waals surface area contributed by atoms with Crippen molar-refractivity contribution in [2.45, 2.75) is 25.8 Å². The van der Waals surface area contributed by atoms with Gasteiger partial charge in [0.15, 0.2) is 0 Å². The van der Waals surface area contributed by atoms with Gasteiger partial charge in [0, 0.05) is 30.8 Å². The van der Waals surface area contributed by atoms with Crippen LogP contribution in [0.1, 0.15) is 34.3 Å². The molecule has 0 aliphatic carbocycles. The van der Waals surface area contributed by atoms with E-state index in [-0.39, 0.29) is 23.3 Å². The summed E-state index contributed by atoms with van der Waals surface area (Å²) < 4.78 is 14.7. The fourth-order valence-corrected chi connectivity index (χ4v) is 3.54. The fraction of sp³-hybridized carbons (Fsp3) is 0.300. The zero-order valence-corrected chi connectivity index (χ0v) is 14.3. The number of halogens is 1. The van der Waals surface area contributed by atoms with Crippen molar-refractivity contribution in [3.05, 3.63) is 58.9 Å². The second-order valence-corrected chi connectivity index (χ2v) is 6.64. The Hall–Kier alpha value is -2.73. The smallest absolute Gasteiger partial charge is 0.255 e. The third-order valence-electron chi connectivity index (χ3n) is 4.97. The highest BCUT2D eigenvalue weighted by Gasteiger charge is 2.22. The van der Waals surface area contributed by atoms with Gasteiger partial charge in [0.25, 0.3) is 5.91 Å². The van der Waals surface area contributed by atoms with Gasteiger partial charge in [-0.05, 0) is 60.8 Å². The molecular weight excluding hydrogens is 333 g/mol. The zero-order chi connectivity index (χ0) is 18.1. The van der Waals surface area contributed by atoms with Gasteiger partial charge in [-0.3, -0.25) is 9.59 Å². The molecule has 4 rings (SSSR count). The summed E-state index contributed by atoms with van der Waals surface area (Å²) in [6.07, 6.45) is 2.03. The molecule has 1 fully saturated rings. The number of anilines is 2. The number of amides is 2. The van der Waals surface area contributed by atoms with E-state index < -0.39 is 0 Å². The van der Waals surface area contributed by atoms with Crippen molar-refractivity contribution in [1.29, 1.82) is 0 Å². The van der Waals surface area contributed by atoms with E-state index >= 15 is 0 Å². The first-order valence-electron chi connectivity index (χ1n) is 8.86. The van der Waals surface area contributed by atoms with Crippen LogP contribution in [0.2, 0.25) is 0 Å². The summed E-state index contributed by atoms with van der Waals surface area (Å²) in [5, 5.41) is 5.86. The molecule has 26 heavy (non-hydrogen) atoms. The van der Waals surface area contributed by atoms with E-state index in [2.05, 4.69) is 10.6 Å². The Balaban J connectivity index is 1.51. The molecule has 0 bridgehead atoms. The van der Waals surface area contributed by atoms with Gasteiger partial charge in [-0.2, -0.15) is 0 Å². The number of hydrogen-bond donors (Lipinski definition) is 2. The topological polar surface area (TPSA) is 61.4 Å². The second kappa shape index (κ2) is 6.88. The van der Waals surface area contributed by atoms with Crippen molar-refractivity contribution >= 4 is 23.2 Å². The molecule has 0 unspecified atom stereocenters. The molecule has 0 aromatic heterocycles. The lowest BCUT2D eigenvalue weighted by atomic mass is 9.99. The van der Waals surface area contributed by atoms with Gasteiger partial charge in [0.05, 0.1) is 5.69 Å². The Bertz CT molecular complexity index is 864. The first kappa shape index (κ1) is 16.7. The highest BCUT2D eigenvalue weighted by Crippen LogP contribution is 2.26. The molecule has 2 heterocycles. The quantitative estimate of drug-likeness (QED) is 0.892. The van der Waals surface area contributed by atoms with Crippen LogP contribution in [0.4, 0.5) is 15.8 Å². The van der Waals surface area contributed by atoms with Gasteiger partial charge in [-0.15, -0.1) is 0 Å². The average molecular weight is 353 g/mol. The number of hydrogen-bond acceptors (Lipinski definition) is 3. The van der Waals surface area contributed by atoms with Crippen LogP contribution in [-0.2, 0) is 17.8 Å². The van der Waals surface area contributed by atoms with Crippen LogP contribution < -0.4 is 15.5 Å². The summed E-state index contributed by atoms with van der Waals surface area (Å²) in [6.45, 7) is 2.09. The fourth-order valence-electron chi connectivity index (χ4n) is 3.54. The normalized spacial score (nSPS) is 16.5. The predicted molar refractivity (Wildman–Crippen MR) is 97.8 cm³/mol. The Morgan fingerprint density at radius 1 is 1.12 bits per heavy atom. The maximum Gasteiger partial charge on any atom is 0.255 e. The molecule has 5 nitrogen and oxygen atoms in total. The van der Waals surface area contributed by atoms with E-state index in [1.807, 2.05) is 6.07 Å². The van der Waals surface area contributed by atoms with Crippen LogP contribution in [0.15, 0.2) is 36.4 Å². The minimum absolute atomic E-state index is 0.104. The molecule has 2 amide bonds. The van der Waals surface area contributed by atoms with E-state index in [4.69, 9.17) is 0 Å². The van der Waals surface area contributed by atoms with Crippen LogP contribution in [-0.4, -0.2) is 24.9 Å². The van der Waals surface area contributed by atoms with Crippen molar-refractivity contribution in [1.82, 2.24) is 5.32 Å². The number of carbonyl (C=O) groups is 2. The first-order valence-corrected chi connectivity index (χ1v) is 8.86. The number of benzene rings is 2. The number of fused-ring (bicyclic) bond motifs is 1. The molecule has 2 aliphatic rings. The summed E-state index contributed by atoms with van der Waals surface area (Å²) in [7, 11) is 0. The van der Waals surface area contributed by atoms with Crippen molar-refractivity contribution in [3.8, 4) is 0 Å². The lowest BCUT2D eigenvalue weighted by Crippen LogP contribution is -2.25. The monoisotopic (exact) mass is 353 g/mol. The summed E-state index contributed by atoms with van der Waals surface area (Å²) in [6, 6.07) is 10.3. The molecule has 1 saturated heterocycles. The predicted octanol–water partition coefficient (Wildman–Crippen LogP) is 2.85. The number of carbonyl (C=O) groups excluding carboxylic acids is 2. The minimum atomic E-state index is -0.364. The van der Waals surface area contributed by atoms with Crippen molar-refractivity contribution in [3.63, 3.8) is 0 Å². The van der Waals surface area contributed by atoms with Gasteiger partial charge < -0.3 is 15.5 Å². The van der Waals surface area contributed by atoms with Gasteiger partial charge in [-0.25, -0.2) is 4.39 Å². The van der Waals surface area contributed by atoms with Gasteiger partial charge in [-0.1, -0.05) is 6.07 Å². The van der Waals surface area contributed by atoms with Crippen molar-refractivity contribution in [2.24, 2.45) is 0 Å². The second-order valence-electron chi connectivity index (χ2n) is 6.64. The average Bonchev–Trinajstić information content (AvgIpc) is 3.10. The molecule has 6 heteroatoms. The van der Waals surface area contributed by atoms with E-state index in [0.717, 1.165) is 24.2 Å². The summed E-state index contributed by atoms with van der Waals surface area (Å²) in [4.78, 5) is 26.0. The van der Waals surface area contributed by atoms with Crippen LogP contribution in [0.5, 0.6) is 0 Å². The molecule has 2 aromatic rings. The van der Waals surface area contributed by atoms with Gasteiger partial charge >= 0.3 is 0 Å². The van der Waals surface area contributed by atoms with Crippen molar-refractivity contribution < 1.29 is 14.0 Å². The van der Waals surface area contributed by atoms with Crippen LogP contribution >= 0.6 is 0 Å². The molecule has 0 saturated carbocycles. The Morgan fingerprint density at radius 2 is 1.92 bits per heavy atom. The van der Waals surface area contributed by atoms with Crippen LogP contribution in [0, 0.1) is 5.82 Å². The van der Waals surface area contributed by atoms with Gasteiger partial charge in [0.2, 0.25) is 5.91 Å². The highest BCUT2D eigenvalue weighted by atomic mass is 19.1. The van der Waals surface area contributed by atoms with E-state index in [0.29, 0.717) is 37.1 Å². The summed E-state index contributed by atoms with van der Waals surface area (Å²) >= 11 is 0. The molecule has 0 radical (unpaired) electrons. The Labute approximate surface area is 151 Å². The van der Waals surface area contributed by atoms with Crippen LogP contribution in [0.3, 0.4) is 0 Å².